The summed E-state index contributed by atoms with van der Waals surface area (Å²) in [6.07, 6.45) is 4.51. The van der Waals surface area contributed by atoms with Gasteiger partial charge in [-0.05, 0) is 41.7 Å². The first-order chi connectivity index (χ1) is 13.3. The van der Waals surface area contributed by atoms with Crippen molar-refractivity contribution in [2.45, 2.75) is 38.8 Å². The highest BCUT2D eigenvalue weighted by atomic mass is 16.2. The van der Waals surface area contributed by atoms with Crippen LogP contribution in [0.3, 0.4) is 0 Å². The molecular weight excluding hydrogens is 332 g/mol. The van der Waals surface area contributed by atoms with Gasteiger partial charge in [0.25, 0.3) is 0 Å². The van der Waals surface area contributed by atoms with E-state index in [1.807, 2.05) is 6.07 Å². The number of rotatable bonds is 5. The van der Waals surface area contributed by atoms with Crippen LogP contribution in [0.4, 0.5) is 0 Å². The summed E-state index contributed by atoms with van der Waals surface area (Å²) in [5.74, 6) is 0.232. The summed E-state index contributed by atoms with van der Waals surface area (Å²) >= 11 is 0. The van der Waals surface area contributed by atoms with Gasteiger partial charge in [-0.3, -0.25) is 4.79 Å². The van der Waals surface area contributed by atoms with Crippen LogP contribution < -0.4 is 0 Å². The van der Waals surface area contributed by atoms with E-state index in [1.165, 1.54) is 22.4 Å². The number of aromatic nitrogens is 1. The van der Waals surface area contributed by atoms with Gasteiger partial charge in [-0.15, -0.1) is 0 Å². The standard InChI is InChI=1S/C24H26N2O/c1-2-19-10-12-20(13-11-19)14-15-23(27)26-18-17-25-16-6-9-22(25)24(26)21-7-4-3-5-8-21/h3-13,16,24H,2,14-15,17-18H2,1H3. The zero-order valence-corrected chi connectivity index (χ0v) is 15.8. The molecule has 0 N–H and O–H groups in total. The molecule has 1 unspecified atom stereocenters. The summed E-state index contributed by atoms with van der Waals surface area (Å²) in [5.41, 5.74) is 4.95. The van der Waals surface area contributed by atoms with Crippen LogP contribution in [0.2, 0.25) is 0 Å². The zero-order chi connectivity index (χ0) is 18.6. The molecular formula is C24H26N2O. The summed E-state index contributed by atoms with van der Waals surface area (Å²) < 4.78 is 2.27. The number of amides is 1. The molecule has 1 aromatic heterocycles. The Morgan fingerprint density at radius 2 is 1.67 bits per heavy atom. The quantitative estimate of drug-likeness (QED) is 0.653. The third kappa shape index (κ3) is 3.68. The summed E-state index contributed by atoms with van der Waals surface area (Å²) in [7, 11) is 0. The summed E-state index contributed by atoms with van der Waals surface area (Å²) in [6.45, 7) is 3.78. The molecule has 0 bridgehead atoms. The molecule has 2 aromatic carbocycles. The van der Waals surface area contributed by atoms with Crippen molar-refractivity contribution in [2.24, 2.45) is 0 Å². The van der Waals surface area contributed by atoms with Gasteiger partial charge >= 0.3 is 0 Å². The van der Waals surface area contributed by atoms with E-state index in [9.17, 15) is 4.79 Å². The number of benzene rings is 2. The molecule has 0 spiro atoms. The lowest BCUT2D eigenvalue weighted by atomic mass is 9.99. The lowest BCUT2D eigenvalue weighted by Gasteiger charge is -2.37. The predicted octanol–water partition coefficient (Wildman–Crippen LogP) is 4.61. The van der Waals surface area contributed by atoms with Crippen LogP contribution in [-0.2, 0) is 24.2 Å². The topological polar surface area (TPSA) is 25.2 Å². The maximum absolute atomic E-state index is 13.1. The van der Waals surface area contributed by atoms with Crippen LogP contribution in [0, 0.1) is 0 Å². The first-order valence-corrected chi connectivity index (χ1v) is 9.83. The Hall–Kier alpha value is -2.81. The highest BCUT2D eigenvalue weighted by Crippen LogP contribution is 2.32. The van der Waals surface area contributed by atoms with Crippen LogP contribution >= 0.6 is 0 Å². The molecule has 0 saturated heterocycles. The Labute approximate surface area is 161 Å². The molecule has 1 amide bonds. The second kappa shape index (κ2) is 7.83. The van der Waals surface area contributed by atoms with Crippen LogP contribution in [0.5, 0.6) is 0 Å². The van der Waals surface area contributed by atoms with Crippen molar-refractivity contribution >= 4 is 5.91 Å². The maximum Gasteiger partial charge on any atom is 0.223 e. The van der Waals surface area contributed by atoms with E-state index in [2.05, 4.69) is 83.3 Å². The number of nitrogens with zero attached hydrogens (tertiary/aromatic N) is 2. The summed E-state index contributed by atoms with van der Waals surface area (Å²) in [4.78, 5) is 15.2. The molecule has 0 radical (unpaired) electrons. The van der Waals surface area contributed by atoms with Crippen molar-refractivity contribution in [1.29, 1.82) is 0 Å². The second-order valence-corrected chi connectivity index (χ2v) is 7.20. The average molecular weight is 358 g/mol. The number of carbonyl (C=O) groups excluding carboxylic acids is 1. The maximum atomic E-state index is 13.1. The Morgan fingerprint density at radius 3 is 2.41 bits per heavy atom. The lowest BCUT2D eigenvalue weighted by Crippen LogP contribution is -2.42. The Kier molecular flexibility index (Phi) is 5.10. The number of hydrogen-bond donors (Lipinski definition) is 0. The minimum Gasteiger partial charge on any atom is -0.348 e. The number of carbonyl (C=O) groups is 1. The van der Waals surface area contributed by atoms with Gasteiger partial charge in [0.1, 0.15) is 0 Å². The van der Waals surface area contributed by atoms with Crippen molar-refractivity contribution in [3.63, 3.8) is 0 Å². The van der Waals surface area contributed by atoms with Crippen LogP contribution in [-0.4, -0.2) is 21.9 Å². The zero-order valence-electron chi connectivity index (χ0n) is 15.8. The highest BCUT2D eigenvalue weighted by molar-refractivity contribution is 5.77. The minimum atomic E-state index is 0.00455. The van der Waals surface area contributed by atoms with Crippen LogP contribution in [0.25, 0.3) is 0 Å². The molecule has 3 nitrogen and oxygen atoms in total. The van der Waals surface area contributed by atoms with Crippen LogP contribution in [0.15, 0.2) is 72.9 Å². The first kappa shape index (κ1) is 17.6. The van der Waals surface area contributed by atoms with E-state index < -0.39 is 0 Å². The lowest BCUT2D eigenvalue weighted by molar-refractivity contribution is -0.133. The monoisotopic (exact) mass is 358 g/mol. The van der Waals surface area contributed by atoms with Gasteiger partial charge in [0, 0.05) is 31.4 Å². The van der Waals surface area contributed by atoms with E-state index in [-0.39, 0.29) is 11.9 Å². The molecule has 27 heavy (non-hydrogen) atoms. The fourth-order valence-corrected chi connectivity index (χ4v) is 3.97. The van der Waals surface area contributed by atoms with E-state index in [0.29, 0.717) is 6.42 Å². The number of hydrogen-bond acceptors (Lipinski definition) is 1. The largest absolute Gasteiger partial charge is 0.348 e. The molecule has 0 fully saturated rings. The molecule has 3 heteroatoms. The van der Waals surface area contributed by atoms with Gasteiger partial charge in [-0.1, -0.05) is 61.5 Å². The van der Waals surface area contributed by atoms with Gasteiger partial charge < -0.3 is 9.47 Å². The molecule has 1 aliphatic rings. The molecule has 0 aliphatic carbocycles. The third-order valence-electron chi connectivity index (χ3n) is 5.53. The number of fused-ring (bicyclic) bond motifs is 1. The highest BCUT2D eigenvalue weighted by Gasteiger charge is 2.31. The molecule has 4 rings (SSSR count). The minimum absolute atomic E-state index is 0.00455. The van der Waals surface area contributed by atoms with Crippen molar-refractivity contribution in [2.75, 3.05) is 6.54 Å². The van der Waals surface area contributed by atoms with Gasteiger partial charge in [0.2, 0.25) is 5.91 Å². The van der Waals surface area contributed by atoms with E-state index in [4.69, 9.17) is 0 Å². The van der Waals surface area contributed by atoms with E-state index in [1.54, 1.807) is 0 Å². The van der Waals surface area contributed by atoms with Gasteiger partial charge in [-0.25, -0.2) is 0 Å². The Balaban J connectivity index is 1.53. The van der Waals surface area contributed by atoms with Gasteiger partial charge in [0.05, 0.1) is 6.04 Å². The molecule has 1 aliphatic heterocycles. The van der Waals surface area contributed by atoms with Crippen molar-refractivity contribution in [1.82, 2.24) is 9.47 Å². The fourth-order valence-electron chi connectivity index (χ4n) is 3.97. The van der Waals surface area contributed by atoms with Gasteiger partial charge in [-0.2, -0.15) is 0 Å². The van der Waals surface area contributed by atoms with Crippen molar-refractivity contribution < 1.29 is 4.79 Å². The predicted molar refractivity (Wildman–Crippen MR) is 109 cm³/mol. The normalized spacial score (nSPS) is 16.2. The SMILES string of the molecule is CCc1ccc(CCC(=O)N2CCn3cccc3C2c2ccccc2)cc1. The molecule has 138 valence electrons. The molecule has 0 saturated carbocycles. The van der Waals surface area contributed by atoms with E-state index in [0.717, 1.165) is 25.9 Å². The Morgan fingerprint density at radius 1 is 0.926 bits per heavy atom. The molecule has 2 heterocycles. The third-order valence-corrected chi connectivity index (χ3v) is 5.53. The summed E-state index contributed by atoms with van der Waals surface area (Å²) in [6, 6.07) is 23.2. The number of aryl methyl sites for hydroxylation is 2. The fraction of sp³-hybridized carbons (Fsp3) is 0.292. The van der Waals surface area contributed by atoms with Crippen LogP contribution in [0.1, 0.15) is 41.8 Å². The Bertz CT molecular complexity index is 896. The smallest absolute Gasteiger partial charge is 0.223 e. The molecule has 3 aromatic rings. The van der Waals surface area contributed by atoms with Crippen molar-refractivity contribution in [3.8, 4) is 0 Å². The second-order valence-electron chi connectivity index (χ2n) is 7.20. The van der Waals surface area contributed by atoms with E-state index >= 15 is 0 Å². The van der Waals surface area contributed by atoms with Crippen molar-refractivity contribution in [3.05, 3.63) is 95.3 Å². The summed E-state index contributed by atoms with van der Waals surface area (Å²) in [5, 5.41) is 0. The first-order valence-electron chi connectivity index (χ1n) is 9.83. The van der Waals surface area contributed by atoms with Gasteiger partial charge in [0.15, 0.2) is 0 Å². The molecule has 1 atom stereocenters. The average Bonchev–Trinajstić information content (AvgIpc) is 3.21.